The first-order valence-electron chi connectivity index (χ1n) is 7.82. The van der Waals surface area contributed by atoms with Crippen LogP contribution in [0.2, 0.25) is 0 Å². The van der Waals surface area contributed by atoms with E-state index < -0.39 is 17.5 Å². The van der Waals surface area contributed by atoms with Crippen LogP contribution in [0.15, 0.2) is 54.9 Å². The van der Waals surface area contributed by atoms with Crippen LogP contribution in [0.3, 0.4) is 0 Å². The number of carbonyl (C=O) groups excluding carboxylic acids is 1. The van der Waals surface area contributed by atoms with E-state index in [1.807, 2.05) is 24.3 Å². The first-order valence-corrected chi connectivity index (χ1v) is 7.82. The molecule has 2 aromatic heterocycles. The summed E-state index contributed by atoms with van der Waals surface area (Å²) in [4.78, 5) is 19.6. The molecule has 0 unspecified atom stereocenters. The Bertz CT molecular complexity index is 1070. The number of imidazole rings is 1. The number of rotatable bonds is 4. The molecular formula is C18H13F2N5O. The topological polar surface area (TPSA) is 75.6 Å². The van der Waals surface area contributed by atoms with Gasteiger partial charge in [0.25, 0.3) is 0 Å². The highest BCUT2D eigenvalue weighted by Gasteiger charge is 2.12. The zero-order valence-electron chi connectivity index (χ0n) is 13.4. The Labute approximate surface area is 146 Å². The lowest BCUT2D eigenvalue weighted by Gasteiger charge is -2.04. The van der Waals surface area contributed by atoms with E-state index in [9.17, 15) is 13.6 Å². The fourth-order valence-electron chi connectivity index (χ4n) is 2.61. The lowest BCUT2D eigenvalue weighted by atomic mass is 10.1. The van der Waals surface area contributed by atoms with Crippen molar-refractivity contribution >= 4 is 22.6 Å². The zero-order valence-corrected chi connectivity index (χ0v) is 13.4. The zero-order chi connectivity index (χ0) is 18.1. The number of fused-ring (bicyclic) bond motifs is 1. The maximum Gasteiger partial charge on any atom is 0.229 e. The third-order valence-electron chi connectivity index (χ3n) is 3.82. The van der Waals surface area contributed by atoms with E-state index in [0.717, 1.165) is 29.2 Å². The molecule has 0 bridgehead atoms. The maximum atomic E-state index is 13.6. The van der Waals surface area contributed by atoms with Crippen molar-refractivity contribution in [3.63, 3.8) is 0 Å². The van der Waals surface area contributed by atoms with Gasteiger partial charge in [-0.3, -0.25) is 4.79 Å². The van der Waals surface area contributed by atoms with Crippen LogP contribution in [0.4, 0.5) is 14.5 Å². The Morgan fingerprint density at radius 2 is 2.04 bits per heavy atom. The van der Waals surface area contributed by atoms with Crippen molar-refractivity contribution in [1.82, 2.24) is 19.7 Å². The van der Waals surface area contributed by atoms with Crippen LogP contribution in [-0.4, -0.2) is 25.7 Å². The van der Waals surface area contributed by atoms with E-state index >= 15 is 0 Å². The summed E-state index contributed by atoms with van der Waals surface area (Å²) in [5, 5.41) is 6.76. The molecule has 2 N–H and O–H groups in total. The molecule has 0 aliphatic heterocycles. The van der Waals surface area contributed by atoms with Crippen LogP contribution in [-0.2, 0) is 11.2 Å². The third-order valence-corrected chi connectivity index (χ3v) is 3.82. The van der Waals surface area contributed by atoms with Gasteiger partial charge in [0.15, 0.2) is 0 Å². The summed E-state index contributed by atoms with van der Waals surface area (Å²) in [5.41, 5.74) is 2.08. The van der Waals surface area contributed by atoms with Crippen molar-refractivity contribution in [2.45, 2.75) is 6.42 Å². The fraction of sp³-hybridized carbons (Fsp3) is 0.0556. The molecule has 4 rings (SSSR count). The smallest absolute Gasteiger partial charge is 0.229 e. The van der Waals surface area contributed by atoms with E-state index in [2.05, 4.69) is 20.4 Å². The second-order valence-electron chi connectivity index (χ2n) is 5.71. The number of nitrogens with zero attached hydrogens (tertiary/aromatic N) is 3. The van der Waals surface area contributed by atoms with E-state index in [1.54, 1.807) is 6.20 Å². The Morgan fingerprint density at radius 1 is 1.19 bits per heavy atom. The Hall–Kier alpha value is -3.55. The molecule has 2 aromatic carbocycles. The standard InChI is InChI=1S/C18H13F2N5O/c19-12-5-6-14(20)11(7-12)8-17(26)22-13-9-21-25(10-13)18-23-15-3-1-2-4-16(15)24-18/h1-7,9-10H,8H2,(H,22,26)(H,23,24). The predicted molar refractivity (Wildman–Crippen MR) is 91.9 cm³/mol. The molecule has 0 aliphatic carbocycles. The number of aromatic amines is 1. The number of hydrogen-bond donors (Lipinski definition) is 2. The van der Waals surface area contributed by atoms with Crippen molar-refractivity contribution in [3.8, 4) is 5.95 Å². The molecule has 0 atom stereocenters. The molecule has 26 heavy (non-hydrogen) atoms. The third kappa shape index (κ3) is 3.16. The first-order chi connectivity index (χ1) is 12.6. The van der Waals surface area contributed by atoms with Gasteiger partial charge in [-0.15, -0.1) is 0 Å². The van der Waals surface area contributed by atoms with Crippen molar-refractivity contribution in [2.24, 2.45) is 0 Å². The minimum absolute atomic E-state index is 0.00724. The number of anilines is 1. The number of benzene rings is 2. The van der Waals surface area contributed by atoms with Crippen molar-refractivity contribution in [3.05, 3.63) is 72.1 Å². The van der Waals surface area contributed by atoms with Crippen molar-refractivity contribution in [2.75, 3.05) is 5.32 Å². The van der Waals surface area contributed by atoms with Crippen molar-refractivity contribution < 1.29 is 13.6 Å². The lowest BCUT2D eigenvalue weighted by Crippen LogP contribution is -2.15. The van der Waals surface area contributed by atoms with E-state index in [1.165, 1.54) is 10.9 Å². The van der Waals surface area contributed by atoms with E-state index in [0.29, 0.717) is 11.6 Å². The molecule has 1 amide bonds. The minimum atomic E-state index is -0.625. The SMILES string of the molecule is O=C(Cc1cc(F)ccc1F)Nc1cnn(-c2nc3ccccc3[nH]2)c1. The van der Waals surface area contributed by atoms with Crippen LogP contribution in [0, 0.1) is 11.6 Å². The summed E-state index contributed by atoms with van der Waals surface area (Å²) in [6.45, 7) is 0. The van der Waals surface area contributed by atoms with Gasteiger partial charge in [0.05, 0.1) is 35.5 Å². The van der Waals surface area contributed by atoms with Crippen molar-refractivity contribution in [1.29, 1.82) is 0 Å². The number of aromatic nitrogens is 4. The largest absolute Gasteiger partial charge is 0.323 e. The summed E-state index contributed by atoms with van der Waals surface area (Å²) >= 11 is 0. The van der Waals surface area contributed by atoms with Gasteiger partial charge in [0.1, 0.15) is 11.6 Å². The summed E-state index contributed by atoms with van der Waals surface area (Å²) < 4.78 is 28.3. The Morgan fingerprint density at radius 3 is 2.88 bits per heavy atom. The van der Waals surface area contributed by atoms with Crippen LogP contribution >= 0.6 is 0 Å². The number of amides is 1. The molecule has 0 saturated heterocycles. The maximum absolute atomic E-state index is 13.6. The summed E-state index contributed by atoms with van der Waals surface area (Å²) in [7, 11) is 0. The summed E-state index contributed by atoms with van der Waals surface area (Å²) in [6, 6.07) is 10.6. The number of para-hydroxylation sites is 2. The average Bonchev–Trinajstić information content (AvgIpc) is 3.24. The molecule has 0 fully saturated rings. The molecule has 0 radical (unpaired) electrons. The molecule has 6 nitrogen and oxygen atoms in total. The van der Waals surface area contributed by atoms with Gasteiger partial charge >= 0.3 is 0 Å². The monoisotopic (exact) mass is 353 g/mol. The van der Waals surface area contributed by atoms with E-state index in [4.69, 9.17) is 0 Å². The van der Waals surface area contributed by atoms with Gasteiger partial charge in [-0.1, -0.05) is 12.1 Å². The van der Waals surface area contributed by atoms with Crippen LogP contribution in [0.25, 0.3) is 17.0 Å². The summed E-state index contributed by atoms with van der Waals surface area (Å²) in [5.74, 6) is -1.19. The predicted octanol–water partition coefficient (Wildman–Crippen LogP) is 3.21. The highest BCUT2D eigenvalue weighted by molar-refractivity contribution is 5.92. The Kier molecular flexibility index (Phi) is 3.92. The van der Waals surface area contributed by atoms with Crippen LogP contribution < -0.4 is 5.32 Å². The second-order valence-corrected chi connectivity index (χ2v) is 5.71. The summed E-state index contributed by atoms with van der Waals surface area (Å²) in [6.07, 6.45) is 2.75. The van der Waals surface area contributed by atoms with Gasteiger partial charge in [-0.05, 0) is 30.3 Å². The second kappa shape index (κ2) is 6.40. The molecule has 8 heteroatoms. The van der Waals surface area contributed by atoms with Gasteiger partial charge in [-0.25, -0.2) is 18.4 Å². The highest BCUT2D eigenvalue weighted by Crippen LogP contribution is 2.16. The first kappa shape index (κ1) is 15.9. The molecule has 0 aliphatic rings. The molecular weight excluding hydrogens is 340 g/mol. The molecule has 0 spiro atoms. The molecule has 2 heterocycles. The Balaban J connectivity index is 1.49. The lowest BCUT2D eigenvalue weighted by molar-refractivity contribution is -0.115. The van der Waals surface area contributed by atoms with Crippen LogP contribution in [0.1, 0.15) is 5.56 Å². The average molecular weight is 353 g/mol. The number of halogens is 2. The van der Waals surface area contributed by atoms with E-state index in [-0.39, 0.29) is 12.0 Å². The quantitative estimate of drug-likeness (QED) is 0.592. The number of H-pyrrole nitrogens is 1. The molecule has 0 saturated carbocycles. The highest BCUT2D eigenvalue weighted by atomic mass is 19.1. The van der Waals surface area contributed by atoms with Gasteiger partial charge < -0.3 is 10.3 Å². The number of hydrogen-bond acceptors (Lipinski definition) is 3. The molecule has 130 valence electrons. The van der Waals surface area contributed by atoms with Gasteiger partial charge in [0, 0.05) is 5.56 Å². The normalized spacial score (nSPS) is 11.0. The molecule has 4 aromatic rings. The minimum Gasteiger partial charge on any atom is -0.323 e. The fourth-order valence-corrected chi connectivity index (χ4v) is 2.61. The number of nitrogens with one attached hydrogen (secondary N) is 2. The van der Waals surface area contributed by atoms with Gasteiger partial charge in [0.2, 0.25) is 11.9 Å². The van der Waals surface area contributed by atoms with Crippen LogP contribution in [0.5, 0.6) is 0 Å². The number of carbonyl (C=O) groups is 1. The van der Waals surface area contributed by atoms with Gasteiger partial charge in [-0.2, -0.15) is 5.10 Å².